The van der Waals surface area contributed by atoms with Crippen LogP contribution >= 0.6 is 0 Å². The zero-order chi connectivity index (χ0) is 16.2. The van der Waals surface area contributed by atoms with E-state index >= 15 is 0 Å². The molecule has 0 aliphatic carbocycles. The maximum Gasteiger partial charge on any atom is 0.266 e. The zero-order valence-corrected chi connectivity index (χ0v) is 12.5. The largest absolute Gasteiger partial charge is 0.273 e. The Labute approximate surface area is 128 Å². The number of aryl methyl sites for hydroxylation is 1. The number of benzene rings is 2. The molecule has 0 heterocycles. The lowest BCUT2D eigenvalue weighted by atomic mass is 10.1. The quantitative estimate of drug-likeness (QED) is 0.835. The molecule has 0 unspecified atom stereocenters. The summed E-state index contributed by atoms with van der Waals surface area (Å²) >= 11 is 0. The van der Waals surface area contributed by atoms with Crippen LogP contribution in [0.2, 0.25) is 0 Å². The predicted molar refractivity (Wildman–Crippen MR) is 80.1 cm³/mol. The van der Waals surface area contributed by atoms with Crippen molar-refractivity contribution in [2.45, 2.75) is 11.8 Å². The molecular weight excluding hydrogens is 302 g/mol. The molecule has 0 atom stereocenters. The Morgan fingerprint density at radius 1 is 1.14 bits per heavy atom. The molecule has 0 aromatic heterocycles. The van der Waals surface area contributed by atoms with Gasteiger partial charge in [0.15, 0.2) is 0 Å². The molecule has 2 N–H and O–H groups in total. The molecule has 0 saturated heterocycles. The van der Waals surface area contributed by atoms with Crippen molar-refractivity contribution in [2.75, 3.05) is 0 Å². The fourth-order valence-electron chi connectivity index (χ4n) is 1.68. The summed E-state index contributed by atoms with van der Waals surface area (Å²) in [4.78, 5) is 13.8. The molecular formula is C15H13N3O3S. The number of amides is 1. The Morgan fingerprint density at radius 3 is 2.45 bits per heavy atom. The van der Waals surface area contributed by atoms with E-state index in [0.29, 0.717) is 5.56 Å². The number of nitriles is 1. The molecule has 0 saturated carbocycles. The van der Waals surface area contributed by atoms with E-state index < -0.39 is 15.9 Å². The summed E-state index contributed by atoms with van der Waals surface area (Å²) in [6.07, 6.45) is 0. The van der Waals surface area contributed by atoms with Crippen molar-refractivity contribution in [1.29, 1.82) is 5.26 Å². The number of hydrogen-bond acceptors (Lipinski definition) is 4. The van der Waals surface area contributed by atoms with E-state index in [9.17, 15) is 13.2 Å². The van der Waals surface area contributed by atoms with E-state index in [0.717, 1.165) is 5.56 Å². The maximum atomic E-state index is 12.1. The lowest BCUT2D eigenvalue weighted by Gasteiger charge is -2.08. The molecule has 6 nitrogen and oxygen atoms in total. The number of carbonyl (C=O) groups is 1. The van der Waals surface area contributed by atoms with Crippen LogP contribution in [0, 0.1) is 18.3 Å². The minimum absolute atomic E-state index is 0.101. The van der Waals surface area contributed by atoms with Crippen LogP contribution < -0.4 is 10.3 Å². The van der Waals surface area contributed by atoms with E-state index in [-0.39, 0.29) is 10.5 Å². The Hall–Kier alpha value is -2.69. The highest BCUT2D eigenvalue weighted by Crippen LogP contribution is 2.10. The third-order valence-corrected chi connectivity index (χ3v) is 4.13. The normalized spacial score (nSPS) is 10.7. The molecule has 0 radical (unpaired) electrons. The minimum Gasteiger partial charge on any atom is -0.273 e. The summed E-state index contributed by atoms with van der Waals surface area (Å²) < 4.78 is 24.1. The Balaban J connectivity index is 2.11. The summed E-state index contributed by atoms with van der Waals surface area (Å²) in [6.45, 7) is 1.88. The molecule has 0 aliphatic rings. The summed E-state index contributed by atoms with van der Waals surface area (Å²) in [5, 5.41) is 8.78. The Morgan fingerprint density at radius 2 is 1.82 bits per heavy atom. The van der Waals surface area contributed by atoms with E-state index in [1.165, 1.54) is 24.3 Å². The number of carbonyl (C=O) groups excluding carboxylic acids is 1. The third-order valence-electron chi connectivity index (χ3n) is 2.89. The first-order chi connectivity index (χ1) is 10.4. The monoisotopic (exact) mass is 315 g/mol. The van der Waals surface area contributed by atoms with Crippen LogP contribution in [0.1, 0.15) is 21.5 Å². The molecule has 7 heteroatoms. The summed E-state index contributed by atoms with van der Waals surface area (Å²) in [5.41, 5.74) is 3.67. The van der Waals surface area contributed by atoms with Gasteiger partial charge in [0.1, 0.15) is 0 Å². The second-order valence-corrected chi connectivity index (χ2v) is 6.25. The van der Waals surface area contributed by atoms with Crippen LogP contribution in [0.4, 0.5) is 0 Å². The number of nitrogens with one attached hydrogen (secondary N) is 2. The molecule has 0 spiro atoms. The van der Waals surface area contributed by atoms with Crippen molar-refractivity contribution in [3.05, 3.63) is 65.2 Å². The Bertz CT molecular complexity index is 837. The second-order valence-electron chi connectivity index (χ2n) is 4.57. The fraction of sp³-hybridized carbons (Fsp3) is 0.0667. The van der Waals surface area contributed by atoms with E-state index in [1.807, 2.05) is 17.8 Å². The number of hydrogen-bond donors (Lipinski definition) is 2. The van der Waals surface area contributed by atoms with Gasteiger partial charge in [0.05, 0.1) is 16.5 Å². The van der Waals surface area contributed by atoms with Gasteiger partial charge in [-0.2, -0.15) is 5.26 Å². The zero-order valence-electron chi connectivity index (χ0n) is 11.7. The van der Waals surface area contributed by atoms with Gasteiger partial charge in [-0.1, -0.05) is 23.8 Å². The summed E-state index contributed by atoms with van der Waals surface area (Å²) in [7, 11) is -3.94. The van der Waals surface area contributed by atoms with Gasteiger partial charge in [-0.05, 0) is 37.3 Å². The van der Waals surface area contributed by atoms with Crippen LogP contribution in [0.5, 0.6) is 0 Å². The first kappa shape index (κ1) is 15.7. The third kappa shape index (κ3) is 3.69. The SMILES string of the molecule is Cc1ccc(C(=O)NNS(=O)(=O)c2cccc(C#N)c2)cc1. The lowest BCUT2D eigenvalue weighted by molar-refractivity contribution is 0.0945. The number of sulfonamides is 1. The lowest BCUT2D eigenvalue weighted by Crippen LogP contribution is -2.41. The Kier molecular flexibility index (Phi) is 4.56. The standard InChI is InChI=1S/C15H13N3O3S/c1-11-5-7-13(8-6-11)15(19)17-18-22(20,21)14-4-2-3-12(9-14)10-16/h2-9,18H,1H3,(H,17,19). The smallest absolute Gasteiger partial charge is 0.266 e. The van der Waals surface area contributed by atoms with Crippen molar-refractivity contribution in [1.82, 2.24) is 10.3 Å². The highest BCUT2D eigenvalue weighted by molar-refractivity contribution is 7.89. The van der Waals surface area contributed by atoms with Gasteiger partial charge in [-0.15, -0.1) is 4.83 Å². The van der Waals surface area contributed by atoms with Crippen molar-refractivity contribution in [3.63, 3.8) is 0 Å². The van der Waals surface area contributed by atoms with Crippen molar-refractivity contribution in [2.24, 2.45) is 0 Å². The molecule has 0 aliphatic heterocycles. The van der Waals surface area contributed by atoms with Gasteiger partial charge in [0.25, 0.3) is 15.9 Å². The van der Waals surface area contributed by atoms with Gasteiger partial charge in [-0.3, -0.25) is 10.2 Å². The van der Waals surface area contributed by atoms with Gasteiger partial charge in [-0.25, -0.2) is 8.42 Å². The molecule has 0 fully saturated rings. The maximum absolute atomic E-state index is 12.1. The first-order valence-electron chi connectivity index (χ1n) is 6.31. The topological polar surface area (TPSA) is 99.1 Å². The molecule has 2 aromatic carbocycles. The van der Waals surface area contributed by atoms with Crippen LogP contribution in [0.3, 0.4) is 0 Å². The van der Waals surface area contributed by atoms with Crippen molar-refractivity contribution in [3.8, 4) is 6.07 Å². The average molecular weight is 315 g/mol. The van der Waals surface area contributed by atoms with Gasteiger partial charge >= 0.3 is 0 Å². The van der Waals surface area contributed by atoms with Gasteiger partial charge in [0, 0.05) is 5.56 Å². The summed E-state index contributed by atoms with van der Waals surface area (Å²) in [5.74, 6) is -0.569. The second kappa shape index (κ2) is 6.39. The molecule has 22 heavy (non-hydrogen) atoms. The number of rotatable bonds is 4. The first-order valence-corrected chi connectivity index (χ1v) is 7.80. The highest BCUT2D eigenvalue weighted by Gasteiger charge is 2.16. The van der Waals surface area contributed by atoms with Crippen molar-refractivity contribution < 1.29 is 13.2 Å². The molecule has 2 aromatic rings. The number of hydrazine groups is 1. The van der Waals surface area contributed by atoms with Gasteiger partial charge in [0.2, 0.25) is 0 Å². The minimum atomic E-state index is -3.94. The number of nitrogens with zero attached hydrogens (tertiary/aromatic N) is 1. The summed E-state index contributed by atoms with van der Waals surface area (Å²) in [6, 6.07) is 14.0. The van der Waals surface area contributed by atoms with Crippen LogP contribution in [-0.4, -0.2) is 14.3 Å². The van der Waals surface area contributed by atoms with E-state index in [2.05, 4.69) is 5.43 Å². The van der Waals surface area contributed by atoms with E-state index in [1.54, 1.807) is 24.3 Å². The van der Waals surface area contributed by atoms with Crippen LogP contribution in [0.15, 0.2) is 53.4 Å². The van der Waals surface area contributed by atoms with Gasteiger partial charge < -0.3 is 0 Å². The highest BCUT2D eigenvalue weighted by atomic mass is 32.2. The molecule has 2 rings (SSSR count). The molecule has 0 bridgehead atoms. The fourth-order valence-corrected chi connectivity index (χ4v) is 2.57. The van der Waals surface area contributed by atoms with Crippen molar-refractivity contribution >= 4 is 15.9 Å². The average Bonchev–Trinajstić information content (AvgIpc) is 2.53. The molecule has 1 amide bonds. The molecule has 112 valence electrons. The van der Waals surface area contributed by atoms with E-state index in [4.69, 9.17) is 5.26 Å². The van der Waals surface area contributed by atoms with Crippen LogP contribution in [-0.2, 0) is 10.0 Å². The van der Waals surface area contributed by atoms with Crippen LogP contribution in [0.25, 0.3) is 0 Å². The predicted octanol–water partition coefficient (Wildman–Crippen LogP) is 1.49.